The number of nitrogen functional groups attached to an aromatic ring is 1. The number of anilines is 2. The van der Waals surface area contributed by atoms with Crippen molar-refractivity contribution in [2.75, 3.05) is 17.6 Å². The summed E-state index contributed by atoms with van der Waals surface area (Å²) in [6.07, 6.45) is 0.957. The average Bonchev–Trinajstić information content (AvgIpc) is 2.14. The molecule has 14 heavy (non-hydrogen) atoms. The number of nitrogens with zero attached hydrogens (tertiary/aromatic N) is 2. The van der Waals surface area contributed by atoms with Gasteiger partial charge in [0.25, 0.3) is 0 Å². The molecular formula is C8H12N4O2. The summed E-state index contributed by atoms with van der Waals surface area (Å²) in [6, 6.07) is 2.89. The predicted molar refractivity (Wildman–Crippen MR) is 54.1 cm³/mol. The zero-order valence-corrected chi connectivity index (χ0v) is 7.86. The highest BCUT2D eigenvalue weighted by Gasteiger charge is 2.12. The van der Waals surface area contributed by atoms with Crippen LogP contribution in [-0.4, -0.2) is 16.5 Å². The summed E-state index contributed by atoms with van der Waals surface area (Å²) in [5.41, 5.74) is 5.24. The second kappa shape index (κ2) is 4.40. The molecule has 0 saturated heterocycles. The summed E-state index contributed by atoms with van der Waals surface area (Å²) in [7, 11) is 0. The molecule has 6 nitrogen and oxygen atoms in total. The molecule has 76 valence electrons. The summed E-state index contributed by atoms with van der Waals surface area (Å²) in [6.45, 7) is 2.78. The molecule has 0 aliphatic heterocycles. The van der Waals surface area contributed by atoms with Gasteiger partial charge in [0.2, 0.25) is 5.82 Å². The van der Waals surface area contributed by atoms with E-state index in [4.69, 9.17) is 5.73 Å². The van der Waals surface area contributed by atoms with Crippen LogP contribution in [0, 0.1) is 10.1 Å². The van der Waals surface area contributed by atoms with Crippen molar-refractivity contribution in [3.63, 3.8) is 0 Å². The van der Waals surface area contributed by atoms with Crippen molar-refractivity contribution < 1.29 is 4.92 Å². The Balaban J connectivity index is 2.83. The van der Waals surface area contributed by atoms with Crippen LogP contribution < -0.4 is 11.1 Å². The van der Waals surface area contributed by atoms with E-state index in [-0.39, 0.29) is 11.5 Å². The lowest BCUT2D eigenvalue weighted by molar-refractivity contribution is -0.384. The number of aromatic nitrogens is 1. The molecule has 0 fully saturated rings. The van der Waals surface area contributed by atoms with Crippen molar-refractivity contribution in [3.05, 3.63) is 22.2 Å². The van der Waals surface area contributed by atoms with Gasteiger partial charge in [-0.25, -0.2) is 4.98 Å². The van der Waals surface area contributed by atoms with Gasteiger partial charge >= 0.3 is 5.69 Å². The van der Waals surface area contributed by atoms with Crippen molar-refractivity contribution in [1.82, 2.24) is 4.98 Å². The van der Waals surface area contributed by atoms with Crippen LogP contribution in [0.25, 0.3) is 0 Å². The molecule has 0 spiro atoms. The van der Waals surface area contributed by atoms with Crippen molar-refractivity contribution >= 4 is 17.3 Å². The fourth-order valence-corrected chi connectivity index (χ4v) is 0.973. The Morgan fingerprint density at radius 2 is 2.36 bits per heavy atom. The first-order chi connectivity index (χ1) is 6.65. The normalized spacial score (nSPS) is 9.79. The lowest BCUT2D eigenvalue weighted by atomic mass is 10.3. The third-order valence-corrected chi connectivity index (χ3v) is 1.66. The molecule has 0 amide bonds. The van der Waals surface area contributed by atoms with Crippen LogP contribution in [0.5, 0.6) is 0 Å². The Labute approximate surface area is 81.3 Å². The van der Waals surface area contributed by atoms with E-state index >= 15 is 0 Å². The van der Waals surface area contributed by atoms with E-state index in [2.05, 4.69) is 10.3 Å². The van der Waals surface area contributed by atoms with Crippen molar-refractivity contribution in [2.45, 2.75) is 13.3 Å². The molecule has 0 aromatic carbocycles. The molecule has 1 aromatic heterocycles. The van der Waals surface area contributed by atoms with Crippen LogP contribution in [-0.2, 0) is 0 Å². The topological polar surface area (TPSA) is 94.1 Å². The van der Waals surface area contributed by atoms with Crippen molar-refractivity contribution in [1.29, 1.82) is 0 Å². The lowest BCUT2D eigenvalue weighted by Gasteiger charge is -2.03. The van der Waals surface area contributed by atoms with Gasteiger partial charge in [0.1, 0.15) is 5.82 Å². The average molecular weight is 196 g/mol. The molecular weight excluding hydrogens is 184 g/mol. The van der Waals surface area contributed by atoms with Crippen LogP contribution in [0.15, 0.2) is 12.1 Å². The summed E-state index contributed by atoms with van der Waals surface area (Å²) < 4.78 is 0. The van der Waals surface area contributed by atoms with Gasteiger partial charge in [0.15, 0.2) is 0 Å². The Morgan fingerprint density at radius 1 is 1.64 bits per heavy atom. The second-order valence-electron chi connectivity index (χ2n) is 2.78. The smallest absolute Gasteiger partial charge is 0.311 e. The Bertz CT molecular complexity index is 340. The van der Waals surface area contributed by atoms with Gasteiger partial charge < -0.3 is 11.1 Å². The summed E-state index contributed by atoms with van der Waals surface area (Å²) in [4.78, 5) is 13.7. The number of hydrogen-bond acceptors (Lipinski definition) is 5. The van der Waals surface area contributed by atoms with Crippen LogP contribution >= 0.6 is 0 Å². The number of hydrogen-bond donors (Lipinski definition) is 2. The fraction of sp³-hybridized carbons (Fsp3) is 0.375. The Kier molecular flexibility index (Phi) is 3.22. The van der Waals surface area contributed by atoms with E-state index in [1.165, 1.54) is 6.07 Å². The molecule has 0 aliphatic carbocycles. The van der Waals surface area contributed by atoms with Gasteiger partial charge in [-0.05, 0) is 12.5 Å². The quantitative estimate of drug-likeness (QED) is 0.560. The molecule has 3 N–H and O–H groups in total. The molecule has 0 atom stereocenters. The summed E-state index contributed by atoms with van der Waals surface area (Å²) in [5, 5.41) is 13.4. The van der Waals surface area contributed by atoms with E-state index < -0.39 is 4.92 Å². The first-order valence-electron chi connectivity index (χ1n) is 4.30. The van der Waals surface area contributed by atoms with E-state index in [0.29, 0.717) is 5.82 Å². The highest BCUT2D eigenvalue weighted by Crippen LogP contribution is 2.20. The van der Waals surface area contributed by atoms with Gasteiger partial charge in [-0.15, -0.1) is 0 Å². The monoisotopic (exact) mass is 196 g/mol. The number of nitrogens with two attached hydrogens (primary N) is 1. The zero-order chi connectivity index (χ0) is 10.6. The van der Waals surface area contributed by atoms with Crippen LogP contribution in [0.3, 0.4) is 0 Å². The first kappa shape index (κ1) is 10.2. The molecule has 0 bridgehead atoms. The molecule has 0 unspecified atom stereocenters. The van der Waals surface area contributed by atoms with Gasteiger partial charge in [0, 0.05) is 12.6 Å². The fourth-order valence-electron chi connectivity index (χ4n) is 0.973. The number of nitrogens with one attached hydrogen (secondary N) is 1. The predicted octanol–water partition coefficient (Wildman–Crippen LogP) is 1.39. The minimum absolute atomic E-state index is 0.0592. The SMILES string of the molecule is CCCNc1ccc([N+](=O)[O-])c(N)n1. The maximum absolute atomic E-state index is 10.4. The minimum Gasteiger partial charge on any atom is -0.378 e. The summed E-state index contributed by atoms with van der Waals surface area (Å²) in [5.74, 6) is 0.506. The Morgan fingerprint density at radius 3 is 2.86 bits per heavy atom. The highest BCUT2D eigenvalue weighted by atomic mass is 16.6. The van der Waals surface area contributed by atoms with E-state index in [9.17, 15) is 10.1 Å². The molecule has 1 aromatic rings. The zero-order valence-electron chi connectivity index (χ0n) is 7.86. The van der Waals surface area contributed by atoms with Gasteiger partial charge in [0.05, 0.1) is 4.92 Å². The molecule has 0 saturated carbocycles. The molecule has 1 heterocycles. The maximum atomic E-state index is 10.4. The molecule has 6 heteroatoms. The lowest BCUT2D eigenvalue weighted by Crippen LogP contribution is -2.05. The highest BCUT2D eigenvalue weighted by molar-refractivity contribution is 5.57. The third kappa shape index (κ3) is 2.32. The van der Waals surface area contributed by atoms with Crippen LogP contribution in [0.4, 0.5) is 17.3 Å². The number of nitro groups is 1. The van der Waals surface area contributed by atoms with E-state index in [0.717, 1.165) is 13.0 Å². The number of rotatable bonds is 4. The van der Waals surface area contributed by atoms with Crippen molar-refractivity contribution in [2.24, 2.45) is 0 Å². The van der Waals surface area contributed by atoms with Crippen molar-refractivity contribution in [3.8, 4) is 0 Å². The standard InChI is InChI=1S/C8H12N4O2/c1-2-5-10-7-4-3-6(12(13)14)8(9)11-7/h3-4H,2,5H2,1H3,(H3,9,10,11). The molecule has 0 aliphatic rings. The number of pyridine rings is 1. The maximum Gasteiger partial charge on any atom is 0.311 e. The van der Waals surface area contributed by atoms with E-state index in [1.54, 1.807) is 6.07 Å². The third-order valence-electron chi connectivity index (χ3n) is 1.66. The Hall–Kier alpha value is -1.85. The summed E-state index contributed by atoms with van der Waals surface area (Å²) >= 11 is 0. The van der Waals surface area contributed by atoms with Gasteiger partial charge in [-0.1, -0.05) is 6.92 Å². The van der Waals surface area contributed by atoms with Gasteiger partial charge in [-0.2, -0.15) is 0 Å². The van der Waals surface area contributed by atoms with E-state index in [1.807, 2.05) is 6.92 Å². The first-order valence-corrected chi connectivity index (χ1v) is 4.30. The molecule has 0 radical (unpaired) electrons. The minimum atomic E-state index is -0.550. The van der Waals surface area contributed by atoms with Crippen LogP contribution in [0.1, 0.15) is 13.3 Å². The molecule has 1 rings (SSSR count). The van der Waals surface area contributed by atoms with Gasteiger partial charge in [-0.3, -0.25) is 10.1 Å². The largest absolute Gasteiger partial charge is 0.378 e. The van der Waals surface area contributed by atoms with Crippen LogP contribution in [0.2, 0.25) is 0 Å². The second-order valence-corrected chi connectivity index (χ2v) is 2.78.